The Morgan fingerprint density at radius 1 is 1.00 bits per heavy atom. The van der Waals surface area contributed by atoms with Gasteiger partial charge in [0.2, 0.25) is 10.0 Å². The Kier molecular flexibility index (Phi) is 5.49. The van der Waals surface area contributed by atoms with Crippen molar-refractivity contribution in [2.45, 2.75) is 10.9 Å². The standard InChI is InChI=1S/C21H15Cl2N3O4S/c22-13-6-8-16(23)15(10-13)21(28)26-18-9-7-14(31(24,29)30)11-17(18)25-20(27)19(26)12-4-2-1-3-5-12/h1-11,19H,(H,25,27)(H2,24,29,30). The van der Waals surface area contributed by atoms with E-state index in [-0.39, 0.29) is 21.2 Å². The molecule has 0 aliphatic carbocycles. The van der Waals surface area contributed by atoms with Gasteiger partial charge in [0.1, 0.15) is 6.04 Å². The number of amides is 2. The van der Waals surface area contributed by atoms with Crippen LogP contribution in [0.15, 0.2) is 71.6 Å². The number of carbonyl (C=O) groups excluding carboxylic acids is 2. The average molecular weight is 476 g/mol. The van der Waals surface area contributed by atoms with Crippen molar-refractivity contribution in [2.75, 3.05) is 10.2 Å². The lowest BCUT2D eigenvalue weighted by molar-refractivity contribution is -0.117. The van der Waals surface area contributed by atoms with Gasteiger partial charge in [-0.15, -0.1) is 0 Å². The van der Waals surface area contributed by atoms with E-state index in [2.05, 4.69) is 5.32 Å². The third-order valence-corrected chi connectivity index (χ3v) is 6.29. The molecule has 0 radical (unpaired) electrons. The molecule has 1 atom stereocenters. The zero-order valence-electron chi connectivity index (χ0n) is 15.7. The summed E-state index contributed by atoms with van der Waals surface area (Å²) in [7, 11) is -4.01. The van der Waals surface area contributed by atoms with Crippen LogP contribution in [0, 0.1) is 0 Å². The van der Waals surface area contributed by atoms with Crippen molar-refractivity contribution in [3.63, 3.8) is 0 Å². The second-order valence-electron chi connectivity index (χ2n) is 6.83. The number of nitrogens with two attached hydrogens (primary N) is 1. The highest BCUT2D eigenvalue weighted by atomic mass is 35.5. The van der Waals surface area contributed by atoms with E-state index in [1.54, 1.807) is 36.4 Å². The van der Waals surface area contributed by atoms with Crippen LogP contribution in [-0.4, -0.2) is 20.2 Å². The second-order valence-corrected chi connectivity index (χ2v) is 9.23. The zero-order valence-corrected chi connectivity index (χ0v) is 18.1. The van der Waals surface area contributed by atoms with Crippen LogP contribution in [0.25, 0.3) is 0 Å². The van der Waals surface area contributed by atoms with Crippen LogP contribution in [0.2, 0.25) is 10.0 Å². The number of sulfonamides is 1. The molecule has 3 N–H and O–H groups in total. The summed E-state index contributed by atoms with van der Waals surface area (Å²) in [5.74, 6) is -1.09. The monoisotopic (exact) mass is 475 g/mol. The van der Waals surface area contributed by atoms with E-state index in [1.165, 1.54) is 35.2 Å². The SMILES string of the molecule is NS(=O)(=O)c1ccc2c(c1)NC(=O)C(c1ccccc1)N2C(=O)c1cc(Cl)ccc1Cl. The predicted octanol–water partition coefficient (Wildman–Crippen LogP) is 3.98. The van der Waals surface area contributed by atoms with Crippen LogP contribution in [0.1, 0.15) is 22.0 Å². The molecule has 2 amide bonds. The van der Waals surface area contributed by atoms with Crippen molar-refractivity contribution < 1.29 is 18.0 Å². The second kappa shape index (κ2) is 7.97. The van der Waals surface area contributed by atoms with Crippen LogP contribution in [0.3, 0.4) is 0 Å². The number of carbonyl (C=O) groups is 2. The van der Waals surface area contributed by atoms with Crippen molar-refractivity contribution >= 4 is 56.4 Å². The highest BCUT2D eigenvalue weighted by Crippen LogP contribution is 2.41. The van der Waals surface area contributed by atoms with Gasteiger partial charge in [0, 0.05) is 5.02 Å². The molecular formula is C21H15Cl2N3O4S. The smallest absolute Gasteiger partial charge is 0.260 e. The first-order valence-corrected chi connectivity index (χ1v) is 11.3. The van der Waals surface area contributed by atoms with Gasteiger partial charge in [-0.1, -0.05) is 53.5 Å². The lowest BCUT2D eigenvalue weighted by Gasteiger charge is -2.37. The summed E-state index contributed by atoms with van der Waals surface area (Å²) in [4.78, 5) is 27.8. The first-order valence-electron chi connectivity index (χ1n) is 8.98. The van der Waals surface area contributed by atoms with Gasteiger partial charge in [-0.25, -0.2) is 13.6 Å². The first-order chi connectivity index (χ1) is 14.7. The van der Waals surface area contributed by atoms with Crippen LogP contribution in [-0.2, 0) is 14.8 Å². The van der Waals surface area contributed by atoms with Gasteiger partial charge in [-0.2, -0.15) is 0 Å². The highest BCUT2D eigenvalue weighted by molar-refractivity contribution is 7.89. The van der Waals surface area contributed by atoms with Gasteiger partial charge < -0.3 is 5.32 Å². The summed E-state index contributed by atoms with van der Waals surface area (Å²) >= 11 is 12.3. The van der Waals surface area contributed by atoms with Crippen LogP contribution < -0.4 is 15.4 Å². The first kappa shape index (κ1) is 21.3. The molecule has 0 spiro atoms. The number of hydrogen-bond acceptors (Lipinski definition) is 4. The molecule has 4 rings (SSSR count). The fraction of sp³-hybridized carbons (Fsp3) is 0.0476. The molecule has 3 aromatic carbocycles. The molecule has 7 nitrogen and oxygen atoms in total. The largest absolute Gasteiger partial charge is 0.322 e. The third kappa shape index (κ3) is 4.03. The fourth-order valence-electron chi connectivity index (χ4n) is 3.41. The molecule has 0 saturated carbocycles. The van der Waals surface area contributed by atoms with E-state index in [0.717, 1.165) is 0 Å². The van der Waals surface area contributed by atoms with Gasteiger partial charge in [-0.3, -0.25) is 14.5 Å². The molecule has 0 bridgehead atoms. The lowest BCUT2D eigenvalue weighted by Crippen LogP contribution is -2.45. The fourth-order valence-corrected chi connectivity index (χ4v) is 4.32. The zero-order chi connectivity index (χ0) is 22.3. The Balaban J connectivity index is 1.93. The summed E-state index contributed by atoms with van der Waals surface area (Å²) in [6, 6.07) is 16.1. The topological polar surface area (TPSA) is 110 Å². The molecule has 10 heteroatoms. The highest BCUT2D eigenvalue weighted by Gasteiger charge is 2.39. The van der Waals surface area contributed by atoms with Crippen molar-refractivity contribution in [1.82, 2.24) is 0 Å². The lowest BCUT2D eigenvalue weighted by atomic mass is 9.99. The molecule has 0 aromatic heterocycles. The minimum atomic E-state index is -4.01. The van der Waals surface area contributed by atoms with E-state index in [0.29, 0.717) is 16.3 Å². The number of anilines is 2. The van der Waals surface area contributed by atoms with Crippen LogP contribution in [0.5, 0.6) is 0 Å². The Labute approximate surface area is 188 Å². The molecule has 1 aliphatic heterocycles. The molecular weight excluding hydrogens is 461 g/mol. The van der Waals surface area contributed by atoms with Gasteiger partial charge in [0.15, 0.2) is 0 Å². The number of nitrogens with zero attached hydrogens (tertiary/aromatic N) is 1. The van der Waals surface area contributed by atoms with E-state index in [4.69, 9.17) is 28.3 Å². The van der Waals surface area contributed by atoms with Crippen molar-refractivity contribution in [1.29, 1.82) is 0 Å². The number of fused-ring (bicyclic) bond motifs is 1. The Hall–Kier alpha value is -2.91. The average Bonchev–Trinajstić information content (AvgIpc) is 2.73. The maximum absolute atomic E-state index is 13.6. The molecule has 0 saturated heterocycles. The van der Waals surface area contributed by atoms with Gasteiger partial charge >= 0.3 is 0 Å². The van der Waals surface area contributed by atoms with Crippen LogP contribution in [0.4, 0.5) is 11.4 Å². The Bertz CT molecular complexity index is 1310. The molecule has 1 unspecified atom stereocenters. The van der Waals surface area contributed by atoms with Crippen molar-refractivity contribution in [3.05, 3.63) is 87.9 Å². The summed E-state index contributed by atoms with van der Waals surface area (Å²) < 4.78 is 23.5. The minimum absolute atomic E-state index is 0.103. The maximum atomic E-state index is 13.6. The summed E-state index contributed by atoms with van der Waals surface area (Å²) in [6.07, 6.45) is 0. The molecule has 0 fully saturated rings. The Morgan fingerprint density at radius 2 is 1.71 bits per heavy atom. The quantitative estimate of drug-likeness (QED) is 0.596. The van der Waals surface area contributed by atoms with Crippen molar-refractivity contribution in [3.8, 4) is 0 Å². The van der Waals surface area contributed by atoms with Gasteiger partial charge in [-0.05, 0) is 42.0 Å². The van der Waals surface area contributed by atoms with E-state index in [1.807, 2.05) is 0 Å². The summed E-state index contributed by atoms with van der Waals surface area (Å²) in [5, 5.41) is 8.35. The number of halogens is 2. The maximum Gasteiger partial charge on any atom is 0.260 e. The number of primary sulfonamides is 1. The van der Waals surface area contributed by atoms with Crippen molar-refractivity contribution in [2.24, 2.45) is 5.14 Å². The molecule has 3 aromatic rings. The number of nitrogens with one attached hydrogen (secondary N) is 1. The number of benzene rings is 3. The van der Waals surface area contributed by atoms with Gasteiger partial charge in [0.05, 0.1) is 26.9 Å². The molecule has 158 valence electrons. The van der Waals surface area contributed by atoms with E-state index in [9.17, 15) is 18.0 Å². The predicted molar refractivity (Wildman–Crippen MR) is 119 cm³/mol. The third-order valence-electron chi connectivity index (χ3n) is 4.81. The number of rotatable bonds is 3. The minimum Gasteiger partial charge on any atom is -0.322 e. The normalized spacial score (nSPS) is 15.9. The molecule has 1 aliphatic rings. The van der Waals surface area contributed by atoms with Crippen LogP contribution >= 0.6 is 23.2 Å². The summed E-state index contributed by atoms with van der Waals surface area (Å²) in [6.45, 7) is 0. The van der Waals surface area contributed by atoms with E-state index < -0.39 is 27.9 Å². The molecule has 1 heterocycles. The Morgan fingerprint density at radius 3 is 2.39 bits per heavy atom. The van der Waals surface area contributed by atoms with E-state index >= 15 is 0 Å². The summed E-state index contributed by atoms with van der Waals surface area (Å²) in [5.41, 5.74) is 1.09. The molecule has 31 heavy (non-hydrogen) atoms. The van der Waals surface area contributed by atoms with Gasteiger partial charge in [0.25, 0.3) is 11.8 Å². The number of hydrogen-bond donors (Lipinski definition) is 2.